The Morgan fingerprint density at radius 2 is 2.12 bits per heavy atom. The van der Waals surface area contributed by atoms with Crippen LogP contribution in [0.3, 0.4) is 0 Å². The van der Waals surface area contributed by atoms with Crippen LogP contribution in [0.5, 0.6) is 0 Å². The average molecular weight is 261 g/mol. The van der Waals surface area contributed by atoms with Gasteiger partial charge in [0.2, 0.25) is 0 Å². The number of sulfone groups is 1. The zero-order valence-electron chi connectivity index (χ0n) is 9.95. The summed E-state index contributed by atoms with van der Waals surface area (Å²) in [4.78, 5) is 13.9. The number of hydrogen-bond acceptors (Lipinski definition) is 5. The van der Waals surface area contributed by atoms with E-state index in [0.29, 0.717) is 5.82 Å². The Hall–Kier alpha value is -1.44. The van der Waals surface area contributed by atoms with E-state index in [4.69, 9.17) is 0 Å². The first-order valence-corrected chi connectivity index (χ1v) is 6.85. The second-order valence-electron chi connectivity index (χ2n) is 3.99. The lowest BCUT2D eigenvalue weighted by molar-refractivity contribution is -0.392. The van der Waals surface area contributed by atoms with Crippen LogP contribution in [0.4, 0.5) is 5.82 Å². The van der Waals surface area contributed by atoms with Crippen molar-refractivity contribution in [1.82, 2.24) is 9.55 Å². The van der Waals surface area contributed by atoms with Crippen LogP contribution in [0.1, 0.15) is 19.7 Å². The van der Waals surface area contributed by atoms with Gasteiger partial charge >= 0.3 is 5.82 Å². The van der Waals surface area contributed by atoms with Gasteiger partial charge in [-0.3, -0.25) is 0 Å². The van der Waals surface area contributed by atoms with Gasteiger partial charge in [0.05, 0.1) is 11.0 Å². The highest BCUT2D eigenvalue weighted by atomic mass is 32.2. The van der Waals surface area contributed by atoms with Gasteiger partial charge in [0.1, 0.15) is 12.7 Å². The summed E-state index contributed by atoms with van der Waals surface area (Å²) in [5.41, 5.74) is 0. The molecule has 1 rings (SSSR count). The van der Waals surface area contributed by atoms with Gasteiger partial charge in [0, 0.05) is 6.92 Å². The molecule has 96 valence electrons. The van der Waals surface area contributed by atoms with E-state index in [2.05, 4.69) is 4.98 Å². The van der Waals surface area contributed by atoms with E-state index >= 15 is 0 Å². The van der Waals surface area contributed by atoms with Crippen LogP contribution in [0.2, 0.25) is 0 Å². The molecule has 7 nitrogen and oxygen atoms in total. The molecule has 0 unspecified atom stereocenters. The third-order valence-electron chi connectivity index (χ3n) is 2.54. The highest BCUT2D eigenvalue weighted by Gasteiger charge is 2.22. The molecule has 0 bridgehead atoms. The Labute approximate surface area is 99.5 Å². The Kier molecular flexibility index (Phi) is 3.87. The molecule has 1 aromatic rings. The minimum atomic E-state index is -3.20. The first-order valence-electron chi connectivity index (χ1n) is 5.14. The maximum Gasteiger partial charge on any atom is 0.342 e. The summed E-state index contributed by atoms with van der Waals surface area (Å²) in [6.45, 7) is 4.84. The van der Waals surface area contributed by atoms with Gasteiger partial charge in [-0.15, -0.1) is 0 Å². The fourth-order valence-corrected chi connectivity index (χ4v) is 2.24. The van der Waals surface area contributed by atoms with Crippen LogP contribution in [0.25, 0.3) is 0 Å². The highest BCUT2D eigenvalue weighted by Crippen LogP contribution is 2.14. The van der Waals surface area contributed by atoms with Crippen LogP contribution in [-0.2, 0) is 16.4 Å². The van der Waals surface area contributed by atoms with Crippen LogP contribution in [0, 0.1) is 17.0 Å². The summed E-state index contributed by atoms with van der Waals surface area (Å²) in [6, 6.07) is 0. The van der Waals surface area contributed by atoms with E-state index < -0.39 is 20.0 Å². The molecule has 0 amide bonds. The molecule has 0 saturated heterocycles. The van der Waals surface area contributed by atoms with E-state index in [1.54, 1.807) is 20.8 Å². The number of aromatic nitrogens is 2. The quantitative estimate of drug-likeness (QED) is 0.580. The van der Waals surface area contributed by atoms with Crippen molar-refractivity contribution in [3.05, 3.63) is 22.1 Å². The second kappa shape index (κ2) is 4.82. The lowest BCUT2D eigenvalue weighted by Gasteiger charge is -2.07. The van der Waals surface area contributed by atoms with E-state index in [9.17, 15) is 18.5 Å². The minimum Gasteiger partial charge on any atom is -0.358 e. The fraction of sp³-hybridized carbons (Fsp3) is 0.667. The monoisotopic (exact) mass is 261 g/mol. The summed E-state index contributed by atoms with van der Waals surface area (Å²) < 4.78 is 24.5. The summed E-state index contributed by atoms with van der Waals surface area (Å²) in [7, 11) is -3.20. The molecule has 0 aliphatic heterocycles. The van der Waals surface area contributed by atoms with Gasteiger partial charge < -0.3 is 10.1 Å². The number of imidazole rings is 1. The maximum absolute atomic E-state index is 11.6. The Morgan fingerprint density at radius 1 is 1.53 bits per heavy atom. The number of nitrogens with zero attached hydrogens (tertiary/aromatic N) is 3. The number of rotatable bonds is 5. The molecule has 1 heterocycles. The van der Waals surface area contributed by atoms with Crippen molar-refractivity contribution in [3.8, 4) is 0 Å². The van der Waals surface area contributed by atoms with Crippen LogP contribution >= 0.6 is 0 Å². The molecule has 0 spiro atoms. The molecule has 0 aliphatic carbocycles. The van der Waals surface area contributed by atoms with Crippen LogP contribution < -0.4 is 0 Å². The van der Waals surface area contributed by atoms with Crippen molar-refractivity contribution in [2.45, 2.75) is 32.6 Å². The summed E-state index contributed by atoms with van der Waals surface area (Å²) in [5, 5.41) is 10.2. The highest BCUT2D eigenvalue weighted by molar-refractivity contribution is 7.91. The largest absolute Gasteiger partial charge is 0.358 e. The molecule has 0 aliphatic rings. The van der Waals surface area contributed by atoms with Crippen molar-refractivity contribution in [3.63, 3.8) is 0 Å². The summed E-state index contributed by atoms with van der Waals surface area (Å²) in [5.74, 6) is 0.139. The second-order valence-corrected chi connectivity index (χ2v) is 6.66. The normalized spacial score (nSPS) is 12.0. The zero-order chi connectivity index (χ0) is 13.2. The van der Waals surface area contributed by atoms with Gasteiger partial charge in [-0.2, -0.15) is 0 Å². The smallest absolute Gasteiger partial charge is 0.342 e. The Balaban J connectivity index is 2.90. The summed E-state index contributed by atoms with van der Waals surface area (Å²) >= 11 is 0. The van der Waals surface area contributed by atoms with Gasteiger partial charge in [-0.25, -0.2) is 18.0 Å². The number of aryl methyl sites for hydroxylation is 1. The lowest BCUT2D eigenvalue weighted by Crippen LogP contribution is -2.22. The van der Waals surface area contributed by atoms with Crippen molar-refractivity contribution in [1.29, 1.82) is 0 Å². The lowest BCUT2D eigenvalue weighted by atomic mass is 10.6. The van der Waals surface area contributed by atoms with Crippen molar-refractivity contribution >= 4 is 15.7 Å². The Morgan fingerprint density at radius 3 is 2.59 bits per heavy atom. The molecule has 0 radical (unpaired) electrons. The molecule has 0 fully saturated rings. The van der Waals surface area contributed by atoms with E-state index in [1.807, 2.05) is 0 Å². The molecule has 17 heavy (non-hydrogen) atoms. The summed E-state index contributed by atoms with van der Waals surface area (Å²) in [6.07, 6.45) is 1.14. The first kappa shape index (κ1) is 13.6. The predicted molar refractivity (Wildman–Crippen MR) is 62.5 cm³/mol. The maximum atomic E-state index is 11.6. The fourth-order valence-electron chi connectivity index (χ4n) is 1.33. The minimum absolute atomic E-state index is 0.0582. The average Bonchev–Trinajstić information content (AvgIpc) is 2.56. The molecule has 1 aromatic heterocycles. The standard InChI is InChI=1S/C9H15N3O4S/c1-7(2)17(15,16)5-4-11-8(3)10-6-9(11)12(13)14/h6-7H,4-5H2,1-3H3. The molecule has 0 aromatic carbocycles. The molecule has 8 heteroatoms. The first-order chi connectivity index (χ1) is 7.75. The van der Waals surface area contributed by atoms with E-state index in [0.717, 1.165) is 6.20 Å². The third-order valence-corrected chi connectivity index (χ3v) is 4.73. The van der Waals surface area contributed by atoms with E-state index in [-0.39, 0.29) is 18.1 Å². The topological polar surface area (TPSA) is 95.1 Å². The van der Waals surface area contributed by atoms with Gasteiger partial charge in [0.15, 0.2) is 15.7 Å². The molecule has 0 saturated carbocycles. The van der Waals surface area contributed by atoms with Crippen molar-refractivity contribution in [2.75, 3.05) is 5.75 Å². The molecule has 0 N–H and O–H groups in total. The van der Waals surface area contributed by atoms with Crippen LogP contribution in [-0.4, -0.2) is 33.9 Å². The van der Waals surface area contributed by atoms with Gasteiger partial charge in [0.25, 0.3) is 0 Å². The SMILES string of the molecule is Cc1ncc([N+](=O)[O-])n1CCS(=O)(=O)C(C)C. The van der Waals surface area contributed by atoms with E-state index in [1.165, 1.54) is 4.57 Å². The van der Waals surface area contributed by atoms with Gasteiger partial charge in [-0.1, -0.05) is 0 Å². The molecular weight excluding hydrogens is 246 g/mol. The van der Waals surface area contributed by atoms with Crippen LogP contribution in [0.15, 0.2) is 6.20 Å². The third kappa shape index (κ3) is 3.02. The van der Waals surface area contributed by atoms with Gasteiger partial charge in [-0.05, 0) is 18.8 Å². The number of nitro groups is 1. The predicted octanol–water partition coefficient (Wildman–Crippen LogP) is 0.923. The molecule has 0 atom stereocenters. The number of hydrogen-bond donors (Lipinski definition) is 0. The zero-order valence-corrected chi connectivity index (χ0v) is 10.8. The molecular formula is C9H15N3O4S. The van der Waals surface area contributed by atoms with Crippen molar-refractivity contribution in [2.24, 2.45) is 0 Å². The van der Waals surface area contributed by atoms with Crippen molar-refractivity contribution < 1.29 is 13.3 Å². The Bertz CT molecular complexity index is 518.